The Hall–Kier alpha value is -2.54. The number of nitrogens with zero attached hydrogens (tertiary/aromatic N) is 2. The minimum Gasteiger partial charge on any atom is -0.331 e. The SMILES string of the molecule is CC(NC(=O)N(C)Cc1nc2ccccc2s1)c1ccc(F)cc1F. The Morgan fingerprint density at radius 2 is 2.04 bits per heavy atom. The summed E-state index contributed by atoms with van der Waals surface area (Å²) in [4.78, 5) is 18.3. The topological polar surface area (TPSA) is 45.2 Å². The molecule has 3 aromatic rings. The van der Waals surface area contributed by atoms with Gasteiger partial charge in [0.05, 0.1) is 22.8 Å². The molecule has 3 rings (SSSR count). The molecule has 1 atom stereocenters. The van der Waals surface area contributed by atoms with Gasteiger partial charge in [-0.05, 0) is 25.1 Å². The van der Waals surface area contributed by atoms with Crippen LogP contribution in [0.2, 0.25) is 0 Å². The molecule has 7 heteroatoms. The lowest BCUT2D eigenvalue weighted by molar-refractivity contribution is 0.203. The van der Waals surface area contributed by atoms with E-state index in [2.05, 4.69) is 10.3 Å². The monoisotopic (exact) mass is 361 g/mol. The van der Waals surface area contributed by atoms with Gasteiger partial charge in [-0.1, -0.05) is 18.2 Å². The number of amides is 2. The lowest BCUT2D eigenvalue weighted by Crippen LogP contribution is -2.38. The highest BCUT2D eigenvalue weighted by molar-refractivity contribution is 7.18. The number of thiazole rings is 1. The van der Waals surface area contributed by atoms with Crippen LogP contribution in [0.5, 0.6) is 0 Å². The van der Waals surface area contributed by atoms with Crippen molar-refractivity contribution in [3.63, 3.8) is 0 Å². The molecule has 1 heterocycles. The predicted molar refractivity (Wildman–Crippen MR) is 94.4 cm³/mol. The van der Waals surface area contributed by atoms with Crippen LogP contribution in [-0.4, -0.2) is 23.0 Å². The Bertz CT molecular complexity index is 879. The quantitative estimate of drug-likeness (QED) is 0.745. The van der Waals surface area contributed by atoms with E-state index in [4.69, 9.17) is 0 Å². The summed E-state index contributed by atoms with van der Waals surface area (Å²) in [5, 5.41) is 3.53. The minimum atomic E-state index is -0.679. The molecule has 130 valence electrons. The van der Waals surface area contributed by atoms with Crippen molar-refractivity contribution in [3.8, 4) is 0 Å². The van der Waals surface area contributed by atoms with Crippen LogP contribution in [0.1, 0.15) is 23.5 Å². The number of urea groups is 1. The van der Waals surface area contributed by atoms with Gasteiger partial charge in [-0.25, -0.2) is 18.6 Å². The molecule has 2 aromatic carbocycles. The molecule has 4 nitrogen and oxygen atoms in total. The second-order valence-corrected chi connectivity index (χ2v) is 6.88. The van der Waals surface area contributed by atoms with Gasteiger partial charge < -0.3 is 10.2 Å². The Morgan fingerprint density at radius 3 is 2.76 bits per heavy atom. The van der Waals surface area contributed by atoms with Crippen molar-refractivity contribution in [2.45, 2.75) is 19.5 Å². The first-order valence-electron chi connectivity index (χ1n) is 7.75. The maximum Gasteiger partial charge on any atom is 0.317 e. The summed E-state index contributed by atoms with van der Waals surface area (Å²) in [6.07, 6.45) is 0. The molecular formula is C18H17F2N3OS. The summed E-state index contributed by atoms with van der Waals surface area (Å²) in [7, 11) is 1.65. The van der Waals surface area contributed by atoms with E-state index in [1.807, 2.05) is 24.3 Å². The smallest absolute Gasteiger partial charge is 0.317 e. The van der Waals surface area contributed by atoms with E-state index in [1.54, 1.807) is 14.0 Å². The van der Waals surface area contributed by atoms with Crippen LogP contribution in [0, 0.1) is 11.6 Å². The van der Waals surface area contributed by atoms with Crippen LogP contribution in [-0.2, 0) is 6.54 Å². The van der Waals surface area contributed by atoms with Gasteiger partial charge in [0.15, 0.2) is 0 Å². The van der Waals surface area contributed by atoms with E-state index < -0.39 is 17.7 Å². The van der Waals surface area contributed by atoms with Crippen molar-refractivity contribution in [1.82, 2.24) is 15.2 Å². The number of nitrogens with one attached hydrogen (secondary N) is 1. The maximum atomic E-state index is 13.8. The molecule has 0 bridgehead atoms. The van der Waals surface area contributed by atoms with Crippen LogP contribution >= 0.6 is 11.3 Å². The normalized spacial score (nSPS) is 12.2. The van der Waals surface area contributed by atoms with E-state index in [9.17, 15) is 13.6 Å². The number of halogens is 2. The second-order valence-electron chi connectivity index (χ2n) is 5.77. The molecule has 1 aromatic heterocycles. The average molecular weight is 361 g/mol. The molecule has 0 saturated heterocycles. The summed E-state index contributed by atoms with van der Waals surface area (Å²) in [5.74, 6) is -1.32. The third kappa shape index (κ3) is 3.93. The first-order valence-corrected chi connectivity index (χ1v) is 8.56. The molecule has 0 saturated carbocycles. The van der Waals surface area contributed by atoms with E-state index >= 15 is 0 Å². The summed E-state index contributed by atoms with van der Waals surface area (Å²) < 4.78 is 27.9. The number of aromatic nitrogens is 1. The van der Waals surface area contributed by atoms with Gasteiger partial charge in [0.1, 0.15) is 16.6 Å². The predicted octanol–water partition coefficient (Wildman–Crippen LogP) is 4.48. The molecular weight excluding hydrogens is 344 g/mol. The Balaban J connectivity index is 1.65. The fourth-order valence-corrected chi connectivity index (χ4v) is 3.51. The summed E-state index contributed by atoms with van der Waals surface area (Å²) in [6, 6.07) is 10.2. The zero-order chi connectivity index (χ0) is 18.0. The van der Waals surface area contributed by atoms with Crippen molar-refractivity contribution in [3.05, 3.63) is 64.7 Å². The van der Waals surface area contributed by atoms with Crippen molar-refractivity contribution in [2.75, 3.05) is 7.05 Å². The van der Waals surface area contributed by atoms with E-state index in [-0.39, 0.29) is 11.6 Å². The van der Waals surface area contributed by atoms with Gasteiger partial charge in [0, 0.05) is 18.7 Å². The number of carbonyl (C=O) groups is 1. The molecule has 0 aliphatic rings. The zero-order valence-corrected chi connectivity index (χ0v) is 14.6. The van der Waals surface area contributed by atoms with Gasteiger partial charge in [-0.15, -0.1) is 11.3 Å². The van der Waals surface area contributed by atoms with Crippen molar-refractivity contribution < 1.29 is 13.6 Å². The fraction of sp³-hybridized carbons (Fsp3) is 0.222. The van der Waals surface area contributed by atoms with Crippen LogP contribution < -0.4 is 5.32 Å². The largest absolute Gasteiger partial charge is 0.331 e. The first kappa shape index (κ1) is 17.3. The van der Waals surface area contributed by atoms with Gasteiger partial charge >= 0.3 is 6.03 Å². The number of carbonyl (C=O) groups excluding carboxylic acids is 1. The number of fused-ring (bicyclic) bond motifs is 1. The molecule has 25 heavy (non-hydrogen) atoms. The minimum absolute atomic E-state index is 0.239. The van der Waals surface area contributed by atoms with E-state index in [0.717, 1.165) is 21.3 Å². The van der Waals surface area contributed by atoms with E-state index in [1.165, 1.54) is 28.4 Å². The standard InChI is InChI=1S/C18H17F2N3OS/c1-11(13-8-7-12(19)9-14(13)20)21-18(24)23(2)10-17-22-15-5-3-4-6-16(15)25-17/h3-9,11H,10H2,1-2H3,(H,21,24). The van der Waals surface area contributed by atoms with Gasteiger partial charge in [-0.2, -0.15) is 0 Å². The van der Waals surface area contributed by atoms with Crippen LogP contribution in [0.3, 0.4) is 0 Å². The van der Waals surface area contributed by atoms with Gasteiger partial charge in [-0.3, -0.25) is 0 Å². The van der Waals surface area contributed by atoms with Crippen molar-refractivity contribution >= 4 is 27.6 Å². The summed E-state index contributed by atoms with van der Waals surface area (Å²) in [5.41, 5.74) is 1.14. The lowest BCUT2D eigenvalue weighted by atomic mass is 10.1. The third-order valence-electron chi connectivity index (χ3n) is 3.83. The van der Waals surface area contributed by atoms with Crippen molar-refractivity contribution in [2.24, 2.45) is 0 Å². The Kier molecular flexibility index (Phi) is 4.94. The van der Waals surface area contributed by atoms with Crippen LogP contribution in [0.15, 0.2) is 42.5 Å². The second kappa shape index (κ2) is 7.14. The first-order chi connectivity index (χ1) is 11.9. The molecule has 0 spiro atoms. The highest BCUT2D eigenvalue weighted by atomic mass is 32.1. The van der Waals surface area contributed by atoms with Crippen LogP contribution in [0.25, 0.3) is 10.2 Å². The highest BCUT2D eigenvalue weighted by Crippen LogP contribution is 2.23. The fourth-order valence-electron chi connectivity index (χ4n) is 2.49. The summed E-state index contributed by atoms with van der Waals surface area (Å²) in [6.45, 7) is 2.00. The van der Waals surface area contributed by atoms with Crippen LogP contribution in [0.4, 0.5) is 13.6 Å². The molecule has 1 unspecified atom stereocenters. The molecule has 2 amide bonds. The number of benzene rings is 2. The molecule has 1 N–H and O–H groups in total. The van der Waals surface area contributed by atoms with Gasteiger partial charge in [0.25, 0.3) is 0 Å². The number of hydrogen-bond donors (Lipinski definition) is 1. The molecule has 0 fully saturated rings. The Morgan fingerprint density at radius 1 is 1.28 bits per heavy atom. The molecule has 0 radical (unpaired) electrons. The highest BCUT2D eigenvalue weighted by Gasteiger charge is 2.17. The maximum absolute atomic E-state index is 13.8. The Labute approximate surface area is 148 Å². The lowest BCUT2D eigenvalue weighted by Gasteiger charge is -2.21. The molecule has 0 aliphatic heterocycles. The number of hydrogen-bond acceptors (Lipinski definition) is 3. The molecule has 0 aliphatic carbocycles. The zero-order valence-electron chi connectivity index (χ0n) is 13.8. The number of rotatable bonds is 4. The summed E-state index contributed by atoms with van der Waals surface area (Å²) >= 11 is 1.53. The van der Waals surface area contributed by atoms with Gasteiger partial charge in [0.2, 0.25) is 0 Å². The third-order valence-corrected chi connectivity index (χ3v) is 4.85. The average Bonchev–Trinajstić information content (AvgIpc) is 2.96. The van der Waals surface area contributed by atoms with E-state index in [0.29, 0.717) is 6.54 Å². The van der Waals surface area contributed by atoms with Crippen molar-refractivity contribution in [1.29, 1.82) is 0 Å². The number of para-hydroxylation sites is 1.